The molecule has 5 nitrogen and oxygen atoms in total. The molecule has 0 radical (unpaired) electrons. The summed E-state index contributed by atoms with van der Waals surface area (Å²) in [5, 5.41) is 9.52. The van der Waals surface area contributed by atoms with Crippen molar-refractivity contribution >= 4 is 34.8 Å². The highest BCUT2D eigenvalue weighted by Gasteiger charge is 2.17. The van der Waals surface area contributed by atoms with E-state index < -0.39 is 0 Å². The van der Waals surface area contributed by atoms with Crippen molar-refractivity contribution in [3.63, 3.8) is 0 Å². The molecule has 148 valence electrons. The van der Waals surface area contributed by atoms with Gasteiger partial charge in [0, 0.05) is 17.3 Å². The van der Waals surface area contributed by atoms with Crippen LogP contribution in [0.15, 0.2) is 42.5 Å². The van der Waals surface area contributed by atoms with E-state index in [-0.39, 0.29) is 24.4 Å². The van der Waals surface area contributed by atoms with Crippen LogP contribution in [-0.4, -0.2) is 24.4 Å². The molecule has 1 aliphatic carbocycles. The summed E-state index contributed by atoms with van der Waals surface area (Å²) in [4.78, 5) is 24.6. The molecule has 1 saturated carbocycles. The summed E-state index contributed by atoms with van der Waals surface area (Å²) in [6.07, 6.45) is 5.75. The van der Waals surface area contributed by atoms with Crippen LogP contribution in [0.2, 0.25) is 5.02 Å². The molecule has 0 aliphatic heterocycles. The number of nitrogens with one attached hydrogen (secondary N) is 3. The third-order valence-corrected chi connectivity index (χ3v) is 5.35. The number of benzene rings is 2. The van der Waals surface area contributed by atoms with Crippen LogP contribution in [0.25, 0.3) is 0 Å². The van der Waals surface area contributed by atoms with Crippen molar-refractivity contribution in [1.29, 1.82) is 0 Å². The third kappa shape index (κ3) is 5.49. The number of hydrogen-bond acceptors (Lipinski definition) is 3. The van der Waals surface area contributed by atoms with Gasteiger partial charge in [0.2, 0.25) is 5.91 Å². The second-order valence-electron chi connectivity index (χ2n) is 7.22. The Kier molecular flexibility index (Phi) is 6.93. The Hall–Kier alpha value is -2.53. The maximum atomic E-state index is 12.5. The molecular weight excluding hydrogens is 374 g/mol. The monoisotopic (exact) mass is 399 g/mol. The van der Waals surface area contributed by atoms with Gasteiger partial charge in [0.25, 0.3) is 5.91 Å². The topological polar surface area (TPSA) is 70.2 Å². The number of halogens is 1. The zero-order valence-corrected chi connectivity index (χ0v) is 16.8. The summed E-state index contributed by atoms with van der Waals surface area (Å²) < 4.78 is 0. The molecule has 0 aromatic heterocycles. The Labute approximate surface area is 170 Å². The Bertz CT molecular complexity index is 847. The molecule has 3 rings (SSSR count). The molecule has 2 aromatic carbocycles. The third-order valence-electron chi connectivity index (χ3n) is 5.02. The molecule has 0 bridgehead atoms. The van der Waals surface area contributed by atoms with Crippen molar-refractivity contribution in [2.75, 3.05) is 17.2 Å². The van der Waals surface area contributed by atoms with E-state index in [9.17, 15) is 9.59 Å². The normalized spacial score (nSPS) is 14.4. The van der Waals surface area contributed by atoms with Gasteiger partial charge in [-0.15, -0.1) is 0 Å². The van der Waals surface area contributed by atoms with E-state index in [4.69, 9.17) is 11.6 Å². The number of aryl methyl sites for hydroxylation is 1. The van der Waals surface area contributed by atoms with Gasteiger partial charge in [-0.2, -0.15) is 0 Å². The van der Waals surface area contributed by atoms with E-state index in [0.29, 0.717) is 16.3 Å². The predicted octanol–water partition coefficient (Wildman–Crippen LogP) is 4.76. The first-order chi connectivity index (χ1) is 13.5. The minimum atomic E-state index is -0.188. The van der Waals surface area contributed by atoms with Gasteiger partial charge < -0.3 is 16.0 Å². The van der Waals surface area contributed by atoms with Crippen LogP contribution in [0.4, 0.5) is 11.4 Å². The summed E-state index contributed by atoms with van der Waals surface area (Å²) in [5.41, 5.74) is 2.97. The van der Waals surface area contributed by atoms with E-state index in [0.717, 1.165) is 24.1 Å². The van der Waals surface area contributed by atoms with Gasteiger partial charge in [-0.3, -0.25) is 9.59 Å². The fourth-order valence-corrected chi connectivity index (χ4v) is 3.63. The Balaban J connectivity index is 1.54. The first-order valence-electron chi connectivity index (χ1n) is 9.72. The molecule has 3 N–H and O–H groups in total. The number of anilines is 2. The molecule has 6 heteroatoms. The number of amides is 2. The maximum Gasteiger partial charge on any atom is 0.251 e. The van der Waals surface area contributed by atoms with Crippen molar-refractivity contribution in [3.05, 3.63) is 58.6 Å². The van der Waals surface area contributed by atoms with Gasteiger partial charge >= 0.3 is 0 Å². The molecule has 0 heterocycles. The summed E-state index contributed by atoms with van der Waals surface area (Å²) >= 11 is 6.05. The van der Waals surface area contributed by atoms with E-state index in [1.54, 1.807) is 18.2 Å². The van der Waals surface area contributed by atoms with Gasteiger partial charge in [-0.1, -0.05) is 43.0 Å². The lowest BCUT2D eigenvalue weighted by atomic mass is 9.95. The molecular formula is C22H26ClN3O2. The average Bonchev–Trinajstić information content (AvgIpc) is 2.69. The summed E-state index contributed by atoms with van der Waals surface area (Å²) in [5.74, 6) is -0.218. The Morgan fingerprint density at radius 1 is 1.04 bits per heavy atom. The molecule has 2 amide bonds. The van der Waals surface area contributed by atoms with Gasteiger partial charge in [0.15, 0.2) is 0 Å². The van der Waals surface area contributed by atoms with E-state index in [1.807, 2.05) is 31.2 Å². The van der Waals surface area contributed by atoms with Gasteiger partial charge in [-0.25, -0.2) is 0 Å². The number of carbonyl (C=O) groups excluding carboxylic acids is 2. The molecule has 0 unspecified atom stereocenters. The smallest absolute Gasteiger partial charge is 0.251 e. The van der Waals surface area contributed by atoms with Crippen LogP contribution in [-0.2, 0) is 4.79 Å². The predicted molar refractivity (Wildman–Crippen MR) is 114 cm³/mol. The number of hydrogen-bond donors (Lipinski definition) is 3. The van der Waals surface area contributed by atoms with E-state index in [2.05, 4.69) is 16.0 Å². The first-order valence-corrected chi connectivity index (χ1v) is 10.1. The zero-order valence-electron chi connectivity index (χ0n) is 16.1. The van der Waals surface area contributed by atoms with Crippen LogP contribution in [0.1, 0.15) is 48.0 Å². The minimum Gasteiger partial charge on any atom is -0.376 e. The van der Waals surface area contributed by atoms with Crippen molar-refractivity contribution in [3.8, 4) is 0 Å². The summed E-state index contributed by atoms with van der Waals surface area (Å²) in [6, 6.07) is 12.9. The van der Waals surface area contributed by atoms with Crippen LogP contribution in [0.3, 0.4) is 0 Å². The van der Waals surface area contributed by atoms with E-state index >= 15 is 0 Å². The van der Waals surface area contributed by atoms with Gasteiger partial charge in [0.05, 0.1) is 17.3 Å². The fourth-order valence-electron chi connectivity index (χ4n) is 3.45. The second-order valence-corrected chi connectivity index (χ2v) is 7.63. The molecule has 28 heavy (non-hydrogen) atoms. The lowest BCUT2D eigenvalue weighted by Gasteiger charge is -2.23. The molecule has 1 fully saturated rings. The minimum absolute atomic E-state index is 0.0296. The summed E-state index contributed by atoms with van der Waals surface area (Å²) in [7, 11) is 0. The number of rotatable bonds is 6. The van der Waals surface area contributed by atoms with Crippen molar-refractivity contribution in [2.24, 2.45) is 0 Å². The van der Waals surface area contributed by atoms with Crippen LogP contribution in [0.5, 0.6) is 0 Å². The van der Waals surface area contributed by atoms with Crippen LogP contribution >= 0.6 is 11.6 Å². The maximum absolute atomic E-state index is 12.5. The standard InChI is InChI=1S/C22H26ClN3O2/c1-15-13-16(22(28)25-17-7-3-2-4-8-17)11-12-19(15)24-14-21(27)26-20-10-6-5-9-18(20)23/h5-6,9-13,17,24H,2-4,7-8,14H2,1H3,(H,25,28)(H,26,27). The highest BCUT2D eigenvalue weighted by atomic mass is 35.5. The molecule has 2 aromatic rings. The highest BCUT2D eigenvalue weighted by molar-refractivity contribution is 6.33. The summed E-state index contributed by atoms with van der Waals surface area (Å²) in [6.45, 7) is 2.03. The van der Waals surface area contributed by atoms with Gasteiger partial charge in [-0.05, 0) is 55.7 Å². The van der Waals surface area contributed by atoms with Crippen LogP contribution < -0.4 is 16.0 Å². The van der Waals surface area contributed by atoms with Crippen molar-refractivity contribution in [2.45, 2.75) is 45.1 Å². The molecule has 0 spiro atoms. The van der Waals surface area contributed by atoms with Gasteiger partial charge in [0.1, 0.15) is 0 Å². The molecule has 0 atom stereocenters. The highest BCUT2D eigenvalue weighted by Crippen LogP contribution is 2.21. The second kappa shape index (κ2) is 9.60. The molecule has 0 saturated heterocycles. The zero-order chi connectivity index (χ0) is 19.9. The largest absolute Gasteiger partial charge is 0.376 e. The fraction of sp³-hybridized carbons (Fsp3) is 0.364. The quantitative estimate of drug-likeness (QED) is 0.655. The SMILES string of the molecule is Cc1cc(C(=O)NC2CCCCC2)ccc1NCC(=O)Nc1ccccc1Cl. The number of para-hydroxylation sites is 1. The van der Waals surface area contributed by atoms with Crippen molar-refractivity contribution in [1.82, 2.24) is 5.32 Å². The first kappa shape index (κ1) is 20.2. The Morgan fingerprint density at radius 2 is 1.79 bits per heavy atom. The average molecular weight is 400 g/mol. The number of carbonyl (C=O) groups is 2. The Morgan fingerprint density at radius 3 is 2.50 bits per heavy atom. The van der Waals surface area contributed by atoms with Crippen LogP contribution in [0, 0.1) is 6.92 Å². The van der Waals surface area contributed by atoms with Crippen molar-refractivity contribution < 1.29 is 9.59 Å². The lowest BCUT2D eigenvalue weighted by Crippen LogP contribution is -2.36. The molecule has 1 aliphatic rings. The van der Waals surface area contributed by atoms with E-state index in [1.165, 1.54) is 19.3 Å². The lowest BCUT2D eigenvalue weighted by molar-refractivity contribution is -0.114.